The first-order valence-electron chi connectivity index (χ1n) is 9.56. The van der Waals surface area contributed by atoms with E-state index in [-0.39, 0.29) is 12.0 Å². The monoisotopic (exact) mass is 350 g/mol. The molecule has 1 atom stereocenters. The third kappa shape index (κ3) is 4.14. The largest absolute Gasteiger partial charge is 0.376 e. The fourth-order valence-corrected chi connectivity index (χ4v) is 3.82. The zero-order valence-corrected chi connectivity index (χ0v) is 15.1. The molecule has 0 aliphatic carbocycles. The standard InChI is InChI=1S/C22H26N2O2/c25-22(23-14-21-6-3-13-26-21)19-9-7-17(8-10-19)15-24-12-11-18-4-1-2-5-20(18)16-24/h1-2,4-5,7-10,21H,3,6,11-16H2,(H,23,25). The van der Waals surface area contributed by atoms with E-state index in [9.17, 15) is 4.79 Å². The molecule has 2 aromatic rings. The number of benzene rings is 2. The van der Waals surface area contributed by atoms with Crippen LogP contribution in [0.15, 0.2) is 48.5 Å². The summed E-state index contributed by atoms with van der Waals surface area (Å²) in [5.41, 5.74) is 4.88. The van der Waals surface area contributed by atoms with Crippen LogP contribution in [0.25, 0.3) is 0 Å². The lowest BCUT2D eigenvalue weighted by Gasteiger charge is -2.28. The number of nitrogens with one attached hydrogen (secondary N) is 1. The van der Waals surface area contributed by atoms with E-state index >= 15 is 0 Å². The summed E-state index contributed by atoms with van der Waals surface area (Å²) >= 11 is 0. The molecule has 0 radical (unpaired) electrons. The van der Waals surface area contributed by atoms with Gasteiger partial charge in [-0.25, -0.2) is 0 Å². The summed E-state index contributed by atoms with van der Waals surface area (Å²) in [6, 6.07) is 16.7. The average Bonchev–Trinajstić information content (AvgIpc) is 3.20. The van der Waals surface area contributed by atoms with E-state index in [1.165, 1.54) is 16.7 Å². The molecule has 2 heterocycles. The SMILES string of the molecule is O=C(NCC1CCCO1)c1ccc(CN2CCc3ccccc3C2)cc1. The second-order valence-electron chi connectivity index (χ2n) is 7.27. The summed E-state index contributed by atoms with van der Waals surface area (Å²) in [7, 11) is 0. The van der Waals surface area contributed by atoms with Crippen molar-refractivity contribution in [3.05, 3.63) is 70.8 Å². The van der Waals surface area contributed by atoms with Crippen LogP contribution in [-0.4, -0.2) is 36.6 Å². The van der Waals surface area contributed by atoms with E-state index in [4.69, 9.17) is 4.74 Å². The second kappa shape index (κ2) is 8.02. The normalized spacial score (nSPS) is 19.9. The number of carbonyl (C=O) groups excluding carboxylic acids is 1. The fraction of sp³-hybridized carbons (Fsp3) is 0.409. The van der Waals surface area contributed by atoms with E-state index in [2.05, 4.69) is 46.6 Å². The molecule has 4 rings (SSSR count). The first-order valence-corrected chi connectivity index (χ1v) is 9.56. The van der Waals surface area contributed by atoms with Crippen LogP contribution >= 0.6 is 0 Å². The number of carbonyl (C=O) groups is 1. The third-order valence-electron chi connectivity index (χ3n) is 5.35. The van der Waals surface area contributed by atoms with Crippen molar-refractivity contribution in [2.24, 2.45) is 0 Å². The first kappa shape index (κ1) is 17.3. The van der Waals surface area contributed by atoms with Crippen LogP contribution in [0, 0.1) is 0 Å². The van der Waals surface area contributed by atoms with Crippen molar-refractivity contribution in [1.82, 2.24) is 10.2 Å². The first-order chi connectivity index (χ1) is 12.8. The van der Waals surface area contributed by atoms with Crippen molar-refractivity contribution in [2.45, 2.75) is 38.5 Å². The molecule has 2 aromatic carbocycles. The molecule has 0 spiro atoms. The van der Waals surface area contributed by atoms with E-state index < -0.39 is 0 Å². The Hall–Kier alpha value is -2.17. The Morgan fingerprint density at radius 3 is 2.69 bits per heavy atom. The van der Waals surface area contributed by atoms with Gasteiger partial charge >= 0.3 is 0 Å². The van der Waals surface area contributed by atoms with Crippen molar-refractivity contribution in [3.8, 4) is 0 Å². The van der Waals surface area contributed by atoms with Gasteiger partial charge in [-0.3, -0.25) is 9.69 Å². The Balaban J connectivity index is 1.31. The lowest BCUT2D eigenvalue weighted by molar-refractivity contribution is 0.0858. The van der Waals surface area contributed by atoms with Crippen LogP contribution in [-0.2, 0) is 24.2 Å². The van der Waals surface area contributed by atoms with Crippen molar-refractivity contribution >= 4 is 5.91 Å². The Kier molecular flexibility index (Phi) is 5.32. The highest BCUT2D eigenvalue weighted by Gasteiger charge is 2.17. The van der Waals surface area contributed by atoms with Gasteiger partial charge in [-0.2, -0.15) is 0 Å². The van der Waals surface area contributed by atoms with Gasteiger partial charge in [0.25, 0.3) is 5.91 Å². The van der Waals surface area contributed by atoms with Crippen molar-refractivity contribution < 1.29 is 9.53 Å². The lowest BCUT2D eigenvalue weighted by Crippen LogP contribution is -2.32. The van der Waals surface area contributed by atoms with Gasteiger partial charge in [0.05, 0.1) is 6.10 Å². The van der Waals surface area contributed by atoms with Gasteiger partial charge in [-0.05, 0) is 48.1 Å². The molecule has 4 heteroatoms. The smallest absolute Gasteiger partial charge is 0.251 e. The van der Waals surface area contributed by atoms with Crippen LogP contribution in [0.1, 0.15) is 39.9 Å². The summed E-state index contributed by atoms with van der Waals surface area (Å²) < 4.78 is 5.55. The zero-order chi connectivity index (χ0) is 17.8. The fourth-order valence-electron chi connectivity index (χ4n) is 3.82. The molecule has 0 saturated carbocycles. The summed E-state index contributed by atoms with van der Waals surface area (Å²) in [6.45, 7) is 4.43. The summed E-state index contributed by atoms with van der Waals surface area (Å²) in [4.78, 5) is 14.7. The molecule has 136 valence electrons. The highest BCUT2D eigenvalue weighted by molar-refractivity contribution is 5.94. The molecule has 1 fully saturated rings. The van der Waals surface area contributed by atoms with E-state index in [1.54, 1.807) is 0 Å². The Bertz CT molecular complexity index is 751. The van der Waals surface area contributed by atoms with Gasteiger partial charge in [-0.15, -0.1) is 0 Å². The molecular weight excluding hydrogens is 324 g/mol. The number of nitrogens with zero attached hydrogens (tertiary/aromatic N) is 1. The maximum Gasteiger partial charge on any atom is 0.251 e. The maximum atomic E-state index is 12.3. The molecule has 2 aliphatic heterocycles. The summed E-state index contributed by atoms with van der Waals surface area (Å²) in [5.74, 6) is -0.0149. The van der Waals surface area contributed by atoms with Gasteiger partial charge in [0.15, 0.2) is 0 Å². The molecule has 2 aliphatic rings. The number of fused-ring (bicyclic) bond motifs is 1. The lowest BCUT2D eigenvalue weighted by atomic mass is 9.99. The Morgan fingerprint density at radius 2 is 1.92 bits per heavy atom. The van der Waals surface area contributed by atoms with Crippen molar-refractivity contribution in [1.29, 1.82) is 0 Å². The quantitative estimate of drug-likeness (QED) is 0.901. The predicted octanol–water partition coefficient (Wildman–Crippen LogP) is 3.15. The van der Waals surface area contributed by atoms with Crippen LogP contribution < -0.4 is 5.32 Å². The maximum absolute atomic E-state index is 12.3. The highest BCUT2D eigenvalue weighted by Crippen LogP contribution is 2.20. The van der Waals surface area contributed by atoms with Crippen LogP contribution in [0.3, 0.4) is 0 Å². The van der Waals surface area contributed by atoms with Crippen LogP contribution in [0.4, 0.5) is 0 Å². The molecule has 1 unspecified atom stereocenters. The van der Waals surface area contributed by atoms with Crippen LogP contribution in [0.2, 0.25) is 0 Å². The van der Waals surface area contributed by atoms with Gasteiger partial charge in [0, 0.05) is 38.3 Å². The second-order valence-corrected chi connectivity index (χ2v) is 7.27. The van der Waals surface area contributed by atoms with Gasteiger partial charge in [-0.1, -0.05) is 36.4 Å². The Morgan fingerprint density at radius 1 is 1.12 bits per heavy atom. The minimum Gasteiger partial charge on any atom is -0.376 e. The number of amides is 1. The topological polar surface area (TPSA) is 41.6 Å². The average molecular weight is 350 g/mol. The number of hydrogen-bond donors (Lipinski definition) is 1. The molecule has 1 amide bonds. The molecule has 1 saturated heterocycles. The van der Waals surface area contributed by atoms with Crippen molar-refractivity contribution in [3.63, 3.8) is 0 Å². The zero-order valence-electron chi connectivity index (χ0n) is 15.1. The number of hydrogen-bond acceptors (Lipinski definition) is 3. The molecule has 4 nitrogen and oxygen atoms in total. The molecular formula is C22H26N2O2. The molecule has 1 N–H and O–H groups in total. The number of rotatable bonds is 5. The summed E-state index contributed by atoms with van der Waals surface area (Å²) in [5, 5.41) is 2.98. The minimum atomic E-state index is -0.0149. The Labute approximate surface area is 155 Å². The predicted molar refractivity (Wildman–Crippen MR) is 102 cm³/mol. The summed E-state index contributed by atoms with van der Waals surface area (Å²) in [6.07, 6.45) is 3.43. The van der Waals surface area contributed by atoms with E-state index in [1.807, 2.05) is 12.1 Å². The van der Waals surface area contributed by atoms with Gasteiger partial charge in [0.1, 0.15) is 0 Å². The van der Waals surface area contributed by atoms with Gasteiger partial charge < -0.3 is 10.1 Å². The molecule has 0 aromatic heterocycles. The van der Waals surface area contributed by atoms with E-state index in [0.29, 0.717) is 6.54 Å². The van der Waals surface area contributed by atoms with Crippen LogP contribution in [0.5, 0.6) is 0 Å². The third-order valence-corrected chi connectivity index (χ3v) is 5.35. The van der Waals surface area contributed by atoms with Gasteiger partial charge in [0.2, 0.25) is 0 Å². The van der Waals surface area contributed by atoms with Crippen molar-refractivity contribution in [2.75, 3.05) is 19.7 Å². The minimum absolute atomic E-state index is 0.0149. The number of ether oxygens (including phenoxy) is 1. The molecule has 0 bridgehead atoms. The molecule has 26 heavy (non-hydrogen) atoms. The highest BCUT2D eigenvalue weighted by atomic mass is 16.5. The van der Waals surface area contributed by atoms with E-state index in [0.717, 1.165) is 51.1 Å².